The number of aliphatic hydroxyl groups excluding tert-OH is 11. The lowest BCUT2D eigenvalue weighted by atomic mass is 10.1. The second-order valence-electron chi connectivity index (χ2n) is 30.5. The molecule has 0 bridgehead atoms. The number of ether oxygens (including phenoxy) is 7. The first-order valence-electron chi connectivity index (χ1n) is 37.9. The van der Waals surface area contributed by atoms with Crippen LogP contribution in [0.3, 0.4) is 0 Å². The van der Waals surface area contributed by atoms with Crippen molar-refractivity contribution in [3.8, 4) is 0 Å². The van der Waals surface area contributed by atoms with Gasteiger partial charge >= 0.3 is 0 Å². The predicted molar refractivity (Wildman–Crippen MR) is 432 cm³/mol. The van der Waals surface area contributed by atoms with Gasteiger partial charge in [0.15, 0.2) is 0 Å². The van der Waals surface area contributed by atoms with Gasteiger partial charge in [-0.05, 0) is 159 Å². The zero-order valence-corrected chi connectivity index (χ0v) is 71.4. The Morgan fingerprint density at radius 1 is 0.387 bits per heavy atom. The maximum absolute atomic E-state index is 11.9. The van der Waals surface area contributed by atoms with E-state index in [2.05, 4.69) is 111 Å². The summed E-state index contributed by atoms with van der Waals surface area (Å²) in [5.41, 5.74) is 7.49. The van der Waals surface area contributed by atoms with E-state index in [0.29, 0.717) is 114 Å². The van der Waals surface area contributed by atoms with Crippen LogP contribution < -0.4 is 9.44 Å². The van der Waals surface area contributed by atoms with Crippen molar-refractivity contribution >= 4 is 20.0 Å². The van der Waals surface area contributed by atoms with E-state index in [1.54, 1.807) is 13.8 Å². The van der Waals surface area contributed by atoms with Crippen LogP contribution in [0.1, 0.15) is 183 Å². The summed E-state index contributed by atoms with van der Waals surface area (Å²) in [6.07, 6.45) is 2.68. The number of nitrogens with one attached hydrogen (secondary N) is 2. The van der Waals surface area contributed by atoms with E-state index in [0.717, 1.165) is 65.4 Å². The van der Waals surface area contributed by atoms with Gasteiger partial charge in [-0.25, -0.2) is 26.3 Å². The summed E-state index contributed by atoms with van der Waals surface area (Å²) in [5.74, 6) is 4.50. The van der Waals surface area contributed by atoms with Crippen molar-refractivity contribution in [2.75, 3.05) is 139 Å². The highest BCUT2D eigenvalue weighted by Gasteiger charge is 2.55. The number of aliphatic hydroxyl groups is 11. The number of hydrogen-bond acceptors (Lipinski definition) is 22. The molecule has 634 valence electrons. The lowest BCUT2D eigenvalue weighted by molar-refractivity contribution is -0.0113. The van der Waals surface area contributed by atoms with Crippen LogP contribution in [-0.2, 0) is 53.2 Å². The summed E-state index contributed by atoms with van der Waals surface area (Å²) in [6, 6.07) is -0.107. The van der Waals surface area contributed by atoms with Crippen LogP contribution in [0.15, 0.2) is 85.1 Å². The topological polar surface area (TPSA) is 379 Å². The van der Waals surface area contributed by atoms with E-state index in [-0.39, 0.29) is 102 Å². The summed E-state index contributed by atoms with van der Waals surface area (Å²) in [6.45, 7) is 73.2. The Labute approximate surface area is 645 Å². The molecular weight excluding hydrogens is 1410 g/mol. The molecule has 24 nitrogen and oxygen atoms in total. The molecule has 0 aromatic rings. The van der Waals surface area contributed by atoms with Gasteiger partial charge in [0.2, 0.25) is 20.0 Å². The van der Waals surface area contributed by atoms with Crippen LogP contribution in [0, 0.1) is 59.2 Å². The van der Waals surface area contributed by atoms with E-state index < -0.39 is 49.2 Å². The largest absolute Gasteiger partial charge is 0.396 e. The fourth-order valence-electron chi connectivity index (χ4n) is 6.56. The lowest BCUT2D eigenvalue weighted by Gasteiger charge is -2.20. The monoisotopic (exact) mass is 1570 g/mol. The lowest BCUT2D eigenvalue weighted by Crippen LogP contribution is -2.42. The summed E-state index contributed by atoms with van der Waals surface area (Å²) >= 11 is 0. The van der Waals surface area contributed by atoms with Crippen LogP contribution in [0.2, 0.25) is 0 Å². The molecule has 0 amide bonds. The van der Waals surface area contributed by atoms with Gasteiger partial charge in [0.25, 0.3) is 0 Å². The van der Waals surface area contributed by atoms with Gasteiger partial charge in [-0.1, -0.05) is 157 Å². The Bertz CT molecular complexity index is 2310. The average molecular weight is 1570 g/mol. The average Bonchev–Trinajstić information content (AvgIpc) is 1.60. The van der Waals surface area contributed by atoms with E-state index in [1.165, 1.54) is 18.4 Å². The third-order valence-electron chi connectivity index (χ3n) is 16.1. The first-order chi connectivity index (χ1) is 49.1. The standard InChI is InChI=1S/2C10H20O2.C10H18O.C9H19NO4S.3C9H18O3.C8H16O2.C6H13NO2S/c2*1-8(2)10(4)7-12-6-9(3)5-11;1-8(2)9(3)6-11-7-10-4-5-10;1-7(2)10-15(13,14)9(3-4-9)5-8(12)6-11;1-7(2)8(3)6-12-9(4-10)5-11;2*1-7(2)8(3)5-12-6-9(11)4-10;1-7(2)8(3)6-10-5-4-9;1-5(2)7-10(8,9)6-3-4-6/h2*8-9,11H,4-7H2,1-3H3;8,10H,3-7H2,1-2H3;7-8,10-12H,3-6H2,1-2H3;3*7,9-11H,3-6H2,1-2H3;7,9H,3-6H2,1-2H3;5-7H,3-4H2,1-2H3/t2*9-;;;;2*9-;;/m10...10../s1. The normalized spacial score (nSPS) is 15.1. The first-order valence-corrected chi connectivity index (χ1v) is 40.9. The van der Waals surface area contributed by atoms with Crippen molar-refractivity contribution < 1.29 is 106 Å². The molecular formula is C80H160N2O22S2. The second-order valence-corrected chi connectivity index (χ2v) is 34.6. The molecule has 3 rings (SSSR count). The van der Waals surface area contributed by atoms with Gasteiger partial charge < -0.3 is 89.3 Å². The third-order valence-corrected chi connectivity index (χ3v) is 20.7. The van der Waals surface area contributed by atoms with Gasteiger partial charge in [0.05, 0.1) is 135 Å². The molecule has 3 saturated carbocycles. The number of sulfonamides is 2. The van der Waals surface area contributed by atoms with Gasteiger partial charge in [-0.3, -0.25) is 0 Å². The van der Waals surface area contributed by atoms with E-state index in [4.69, 9.17) is 84.2 Å². The van der Waals surface area contributed by atoms with Crippen LogP contribution in [0.4, 0.5) is 0 Å². The van der Waals surface area contributed by atoms with Gasteiger partial charge in [-0.15, -0.1) is 0 Å². The molecule has 13 N–H and O–H groups in total. The van der Waals surface area contributed by atoms with Crippen LogP contribution in [0.25, 0.3) is 0 Å². The molecule has 0 saturated heterocycles. The summed E-state index contributed by atoms with van der Waals surface area (Å²) in [7, 11) is -6.31. The van der Waals surface area contributed by atoms with Crippen molar-refractivity contribution in [3.63, 3.8) is 0 Å². The fraction of sp³-hybridized carbons (Fsp3) is 0.825. The Hall–Kier alpha value is -2.72. The molecule has 0 heterocycles. The van der Waals surface area contributed by atoms with E-state index in [9.17, 15) is 21.9 Å². The number of rotatable bonds is 49. The molecule has 5 atom stereocenters. The zero-order valence-electron chi connectivity index (χ0n) is 69.8. The van der Waals surface area contributed by atoms with Crippen molar-refractivity contribution in [1.29, 1.82) is 0 Å². The Balaban J connectivity index is -0.000000266. The fourth-order valence-corrected chi connectivity index (χ4v) is 10.1. The molecule has 0 aromatic heterocycles. The molecule has 0 radical (unpaired) electrons. The van der Waals surface area contributed by atoms with Crippen molar-refractivity contribution in [3.05, 3.63) is 85.1 Å². The Kier molecular flexibility index (Phi) is 73.2. The van der Waals surface area contributed by atoms with Crippen molar-refractivity contribution in [2.45, 2.75) is 230 Å². The molecule has 26 heteroatoms. The van der Waals surface area contributed by atoms with Gasteiger partial charge in [-0.2, -0.15) is 0 Å². The van der Waals surface area contributed by atoms with Crippen molar-refractivity contribution in [2.24, 2.45) is 59.2 Å². The van der Waals surface area contributed by atoms with Crippen LogP contribution >= 0.6 is 0 Å². The maximum Gasteiger partial charge on any atom is 0.217 e. The molecule has 0 aromatic carbocycles. The van der Waals surface area contributed by atoms with Gasteiger partial charge in [0.1, 0.15) is 18.3 Å². The first kappa shape index (κ1) is 114. The smallest absolute Gasteiger partial charge is 0.217 e. The minimum Gasteiger partial charge on any atom is -0.396 e. The SMILES string of the molecule is C=C(COC(CO)CO)C(C)C.C=C(COCC1CC1)C(C)C.C=C(COCCO)C(C)C.C=C(COC[C@@H](C)CO)C(C)C.C=C(COC[C@@H](O)CO)C(C)C.C=C(COC[C@H](C)CO)C(C)C.C=C(COC[C@H](O)CO)C(C)C.CC(C)NS(=O)(=O)C1(CC(O)CO)CC1.CC(C)NS(=O)(=O)C1CC1. The molecule has 0 aliphatic heterocycles. The van der Waals surface area contributed by atoms with Crippen LogP contribution in [0.5, 0.6) is 0 Å². The molecule has 106 heavy (non-hydrogen) atoms. The summed E-state index contributed by atoms with van der Waals surface area (Å²) in [5, 5.41) is 95.7. The highest BCUT2D eigenvalue weighted by Crippen LogP contribution is 2.47. The quantitative estimate of drug-likeness (QED) is 0.0199. The molecule has 0 spiro atoms. The zero-order chi connectivity index (χ0) is 83.5. The van der Waals surface area contributed by atoms with Gasteiger partial charge in [0, 0.05) is 43.7 Å². The van der Waals surface area contributed by atoms with E-state index >= 15 is 0 Å². The third kappa shape index (κ3) is 70.4. The molecule has 3 aliphatic carbocycles. The highest BCUT2D eigenvalue weighted by molar-refractivity contribution is 7.91. The van der Waals surface area contributed by atoms with E-state index in [1.807, 2.05) is 69.2 Å². The van der Waals surface area contributed by atoms with Crippen molar-refractivity contribution in [1.82, 2.24) is 9.44 Å². The maximum atomic E-state index is 11.9. The number of hydrogen-bond donors (Lipinski definition) is 13. The highest BCUT2D eigenvalue weighted by atomic mass is 32.2. The summed E-state index contributed by atoms with van der Waals surface area (Å²) < 4.78 is 86.8. The Morgan fingerprint density at radius 2 is 0.689 bits per heavy atom. The predicted octanol–water partition coefficient (Wildman–Crippen LogP) is 9.29. The minimum absolute atomic E-state index is 0.0330. The molecule has 1 unspecified atom stereocenters. The Morgan fingerprint density at radius 3 is 0.943 bits per heavy atom. The second kappa shape index (κ2) is 67.9. The molecule has 3 fully saturated rings. The molecule has 3 aliphatic rings. The van der Waals surface area contributed by atoms with Crippen LogP contribution in [-0.4, -0.2) is 258 Å². The summed E-state index contributed by atoms with van der Waals surface area (Å²) in [4.78, 5) is 0. The minimum atomic E-state index is -3.37.